The smallest absolute Gasteiger partial charge is 0.120 e. The van der Waals surface area contributed by atoms with E-state index < -0.39 is 8.07 Å². The Labute approximate surface area is 354 Å². The zero-order chi connectivity index (χ0) is 40.0. The molecule has 4 nitrogen and oxygen atoms in total. The van der Waals surface area contributed by atoms with Crippen LogP contribution in [-0.2, 0) is 37.4 Å². The van der Waals surface area contributed by atoms with Crippen LogP contribution in [0.4, 0.5) is 0 Å². The molecule has 0 amide bonds. The number of benzene rings is 5. The van der Waals surface area contributed by atoms with Crippen LogP contribution in [-0.4, -0.2) is 22.6 Å². The van der Waals surface area contributed by atoms with Gasteiger partial charge in [0, 0.05) is 37.4 Å². The van der Waals surface area contributed by atoms with Crippen molar-refractivity contribution in [2.24, 2.45) is 5.92 Å². The maximum absolute atomic E-state index is 6.34. The minimum Gasteiger partial charge on any atom is -0.501 e. The molecule has 0 aliphatic rings. The molecule has 0 N–H and O–H groups in total. The summed E-state index contributed by atoms with van der Waals surface area (Å²) in [5, 5.41) is 3.68. The van der Waals surface area contributed by atoms with E-state index in [1.807, 2.05) is 30.3 Å². The van der Waals surface area contributed by atoms with Crippen LogP contribution in [0.2, 0.25) is 19.6 Å². The molecule has 295 valence electrons. The van der Waals surface area contributed by atoms with Gasteiger partial charge in [0.05, 0.1) is 30.5 Å². The topological polar surface area (TPSA) is 43.9 Å². The Hall–Kier alpha value is -4.61. The summed E-state index contributed by atoms with van der Waals surface area (Å²) >= 11 is 0. The number of nitrogens with zero attached hydrogens (tertiary/aromatic N) is 3. The molecule has 0 spiro atoms. The summed E-state index contributed by atoms with van der Waals surface area (Å²) in [6, 6.07) is 44.8. The number of rotatable bonds is 6. The fourth-order valence-corrected chi connectivity index (χ4v) is 9.17. The van der Waals surface area contributed by atoms with Crippen molar-refractivity contribution in [2.45, 2.75) is 92.3 Å². The predicted octanol–water partition coefficient (Wildman–Crippen LogP) is 13.3. The third kappa shape index (κ3) is 8.79. The van der Waals surface area contributed by atoms with Crippen LogP contribution in [0.25, 0.3) is 61.3 Å². The molecule has 8 rings (SSSR count). The summed E-state index contributed by atoms with van der Waals surface area (Å²) in [6.45, 7) is 25.2. The van der Waals surface area contributed by atoms with Gasteiger partial charge in [-0.3, -0.25) is 4.98 Å². The van der Waals surface area contributed by atoms with Crippen molar-refractivity contribution < 1.29 is 24.5 Å². The SMILES string of the molecule is CC(C)(C)c1ccccc1-n1c(-c2[c-]ccc3c2oc2ccccc23)nc2ccccc21.CC(C)Cc1cc(-c2[c-]cc(C(C)(C)C)cc2)ncc1[Si](C)(C)C.[Ir]. The Morgan fingerprint density at radius 3 is 2.16 bits per heavy atom. The molecular weight excluding hydrogens is 891 g/mol. The summed E-state index contributed by atoms with van der Waals surface area (Å²) in [5.74, 6) is 1.50. The molecule has 57 heavy (non-hydrogen) atoms. The first-order chi connectivity index (χ1) is 26.5. The van der Waals surface area contributed by atoms with Gasteiger partial charge in [-0.2, -0.15) is 0 Å². The summed E-state index contributed by atoms with van der Waals surface area (Å²) in [5.41, 5.74) is 12.1. The van der Waals surface area contributed by atoms with Crippen molar-refractivity contribution in [1.82, 2.24) is 14.5 Å². The van der Waals surface area contributed by atoms with Gasteiger partial charge < -0.3 is 14.0 Å². The van der Waals surface area contributed by atoms with E-state index in [-0.39, 0.29) is 30.9 Å². The van der Waals surface area contributed by atoms with Gasteiger partial charge >= 0.3 is 0 Å². The van der Waals surface area contributed by atoms with Gasteiger partial charge in [-0.15, -0.1) is 53.6 Å². The van der Waals surface area contributed by atoms with Gasteiger partial charge in [-0.1, -0.05) is 146 Å². The van der Waals surface area contributed by atoms with Crippen LogP contribution in [0, 0.1) is 18.1 Å². The molecule has 0 atom stereocenters. The molecule has 8 aromatic rings. The second kappa shape index (κ2) is 16.3. The van der Waals surface area contributed by atoms with Gasteiger partial charge in [-0.25, -0.2) is 0 Å². The van der Waals surface area contributed by atoms with E-state index in [0.717, 1.165) is 67.7 Å². The van der Waals surface area contributed by atoms with E-state index in [0.29, 0.717) is 5.92 Å². The number of para-hydroxylation sites is 4. The maximum Gasteiger partial charge on any atom is 0.120 e. The van der Waals surface area contributed by atoms with Crippen molar-refractivity contribution >= 4 is 46.2 Å². The number of fused-ring (bicyclic) bond motifs is 4. The molecular formula is C51H55IrN3OSi-2. The zero-order valence-electron chi connectivity index (χ0n) is 35.3. The summed E-state index contributed by atoms with van der Waals surface area (Å²) in [6.07, 6.45) is 3.25. The zero-order valence-corrected chi connectivity index (χ0v) is 38.7. The van der Waals surface area contributed by atoms with Crippen molar-refractivity contribution in [2.75, 3.05) is 0 Å². The Kier molecular flexibility index (Phi) is 12.0. The second-order valence-corrected chi connectivity index (χ2v) is 23.6. The van der Waals surface area contributed by atoms with Gasteiger partial charge in [0.2, 0.25) is 0 Å². The predicted molar refractivity (Wildman–Crippen MR) is 240 cm³/mol. The Bertz CT molecular complexity index is 2650. The summed E-state index contributed by atoms with van der Waals surface area (Å²) < 4.78 is 8.60. The molecule has 1 radical (unpaired) electrons. The van der Waals surface area contributed by atoms with Crippen molar-refractivity contribution in [3.8, 4) is 28.3 Å². The molecule has 5 aromatic carbocycles. The quantitative estimate of drug-likeness (QED) is 0.123. The van der Waals surface area contributed by atoms with E-state index in [9.17, 15) is 0 Å². The van der Waals surface area contributed by atoms with E-state index in [4.69, 9.17) is 14.4 Å². The largest absolute Gasteiger partial charge is 0.501 e. The van der Waals surface area contributed by atoms with Crippen LogP contribution in [0.3, 0.4) is 0 Å². The van der Waals surface area contributed by atoms with Crippen LogP contribution in [0.1, 0.15) is 72.1 Å². The average Bonchev–Trinajstić information content (AvgIpc) is 3.73. The number of imidazole rings is 1. The molecule has 6 heteroatoms. The van der Waals surface area contributed by atoms with Gasteiger partial charge in [0.25, 0.3) is 0 Å². The van der Waals surface area contributed by atoms with Gasteiger partial charge in [0.1, 0.15) is 5.58 Å². The van der Waals surface area contributed by atoms with Crippen LogP contribution >= 0.6 is 0 Å². The third-order valence-corrected chi connectivity index (χ3v) is 12.5. The second-order valence-electron chi connectivity index (χ2n) is 18.5. The molecule has 0 aliphatic carbocycles. The van der Waals surface area contributed by atoms with Crippen molar-refractivity contribution in [1.29, 1.82) is 0 Å². The van der Waals surface area contributed by atoms with Gasteiger partial charge in [0.15, 0.2) is 0 Å². The number of pyridine rings is 1. The number of furan rings is 1. The number of hydrogen-bond acceptors (Lipinski definition) is 3. The number of hydrogen-bond donors (Lipinski definition) is 0. The standard InChI is InChI=1S/C29H23N2O.C22H32NSi.Ir/c1-29(2,3)22-14-5-7-16-24(22)31-25-17-8-6-15-23(25)30-28(31)21-13-10-12-20-19-11-4-9-18-26(19)32-27(20)21;1-16(2)13-18-14-20(23-15-21(18)24(6,7)8)17-9-11-19(12-10-17)22(3,4)5;/h4-12,14-18H,1-3H3;9,11-12,14-16H,13H2,1-8H3;/q2*-1;. The first-order valence-electron chi connectivity index (χ1n) is 19.9. The average molecular weight is 946 g/mol. The Balaban J connectivity index is 0.000000198. The molecule has 3 heterocycles. The first-order valence-corrected chi connectivity index (χ1v) is 23.4. The van der Waals surface area contributed by atoms with E-state index in [2.05, 4.69) is 177 Å². The fourth-order valence-electron chi connectivity index (χ4n) is 7.58. The minimum atomic E-state index is -1.38. The third-order valence-electron chi connectivity index (χ3n) is 10.5. The Morgan fingerprint density at radius 2 is 1.47 bits per heavy atom. The van der Waals surface area contributed by atoms with Crippen LogP contribution in [0.15, 0.2) is 120 Å². The van der Waals surface area contributed by atoms with Gasteiger partial charge in [-0.05, 0) is 63.9 Å². The van der Waals surface area contributed by atoms with E-state index in [1.165, 1.54) is 21.9 Å². The monoisotopic (exact) mass is 946 g/mol. The van der Waals surface area contributed by atoms with Crippen LogP contribution in [0.5, 0.6) is 0 Å². The van der Waals surface area contributed by atoms with Crippen molar-refractivity contribution in [3.05, 3.63) is 144 Å². The van der Waals surface area contributed by atoms with E-state index >= 15 is 0 Å². The van der Waals surface area contributed by atoms with Crippen LogP contribution < -0.4 is 5.19 Å². The molecule has 0 fully saturated rings. The fraction of sp³-hybridized carbons (Fsp3) is 0.294. The van der Waals surface area contributed by atoms with E-state index in [1.54, 1.807) is 0 Å². The molecule has 0 unspecified atom stereocenters. The summed E-state index contributed by atoms with van der Waals surface area (Å²) in [4.78, 5) is 9.85. The molecule has 0 bridgehead atoms. The summed E-state index contributed by atoms with van der Waals surface area (Å²) in [7, 11) is -1.38. The first kappa shape index (κ1) is 42.0. The maximum atomic E-state index is 6.34. The molecule has 3 aromatic heterocycles. The molecule has 0 saturated heterocycles. The molecule has 0 saturated carbocycles. The Morgan fingerprint density at radius 1 is 0.772 bits per heavy atom. The molecule has 0 aliphatic heterocycles. The number of aromatic nitrogens is 3. The van der Waals surface area contributed by atoms with Crippen molar-refractivity contribution in [3.63, 3.8) is 0 Å². The minimum absolute atomic E-state index is 0. The normalized spacial score (nSPS) is 12.2.